The number of benzene rings is 1. The van der Waals surface area contributed by atoms with E-state index in [0.29, 0.717) is 24.0 Å². The molecule has 2 aromatic heterocycles. The first-order chi connectivity index (χ1) is 12.7. The van der Waals surface area contributed by atoms with E-state index in [2.05, 4.69) is 17.2 Å². The number of hydrogen-bond acceptors (Lipinski definition) is 4. The van der Waals surface area contributed by atoms with Crippen molar-refractivity contribution in [1.29, 1.82) is 0 Å². The predicted octanol–water partition coefficient (Wildman–Crippen LogP) is 2.35. The Morgan fingerprint density at radius 2 is 2.23 bits per heavy atom. The van der Waals surface area contributed by atoms with Gasteiger partial charge < -0.3 is 19.4 Å². The van der Waals surface area contributed by atoms with E-state index in [1.165, 1.54) is 0 Å². The first kappa shape index (κ1) is 16.6. The van der Waals surface area contributed by atoms with Crippen LogP contribution in [0.15, 0.2) is 54.9 Å². The summed E-state index contributed by atoms with van der Waals surface area (Å²) in [6, 6.07) is 13.6. The summed E-state index contributed by atoms with van der Waals surface area (Å²) in [5, 5.41) is 3.35. The lowest BCUT2D eigenvalue weighted by Crippen LogP contribution is -2.51. The molecular weight excluding hydrogens is 328 g/mol. The topological polar surface area (TPSA) is 58.9 Å². The molecule has 3 aromatic rings. The van der Waals surface area contributed by atoms with Crippen LogP contribution in [0.2, 0.25) is 0 Å². The Kier molecular flexibility index (Phi) is 4.58. The zero-order valence-corrected chi connectivity index (χ0v) is 14.8. The second-order valence-corrected chi connectivity index (χ2v) is 6.62. The Hall–Kier alpha value is -2.86. The number of nitrogens with zero attached hydrogens (tertiary/aromatic N) is 3. The van der Waals surface area contributed by atoms with Gasteiger partial charge >= 0.3 is 0 Å². The van der Waals surface area contributed by atoms with Crippen molar-refractivity contribution in [3.8, 4) is 5.75 Å². The highest BCUT2D eigenvalue weighted by atomic mass is 16.5. The Morgan fingerprint density at radius 1 is 1.31 bits per heavy atom. The molecule has 6 heteroatoms. The summed E-state index contributed by atoms with van der Waals surface area (Å²) in [5.41, 5.74) is 2.40. The Morgan fingerprint density at radius 3 is 3.08 bits per heavy atom. The SMILES string of the molecule is CC1CN(C(=O)c2cccc(OCc3cn4ccccc4n3)c2)CCN1. The van der Waals surface area contributed by atoms with Gasteiger partial charge in [0.15, 0.2) is 0 Å². The van der Waals surface area contributed by atoms with Crippen LogP contribution in [0.3, 0.4) is 0 Å². The Balaban J connectivity index is 1.44. The van der Waals surface area contributed by atoms with Gasteiger partial charge in [-0.3, -0.25) is 4.79 Å². The lowest BCUT2D eigenvalue weighted by Gasteiger charge is -2.32. The number of ether oxygens (including phenoxy) is 1. The van der Waals surface area contributed by atoms with E-state index >= 15 is 0 Å². The summed E-state index contributed by atoms with van der Waals surface area (Å²) in [6.45, 7) is 4.75. The number of hydrogen-bond donors (Lipinski definition) is 1. The van der Waals surface area contributed by atoms with Crippen LogP contribution in [0, 0.1) is 0 Å². The summed E-state index contributed by atoms with van der Waals surface area (Å²) in [7, 11) is 0. The molecule has 1 atom stereocenters. The zero-order valence-electron chi connectivity index (χ0n) is 14.8. The maximum absolute atomic E-state index is 12.7. The molecule has 0 bridgehead atoms. The summed E-state index contributed by atoms with van der Waals surface area (Å²) in [5.74, 6) is 0.729. The molecule has 1 amide bonds. The van der Waals surface area contributed by atoms with Gasteiger partial charge in [0.05, 0.1) is 5.69 Å². The number of nitrogens with one attached hydrogen (secondary N) is 1. The molecule has 3 heterocycles. The highest BCUT2D eigenvalue weighted by Gasteiger charge is 2.21. The molecule has 1 aromatic carbocycles. The van der Waals surface area contributed by atoms with Crippen molar-refractivity contribution >= 4 is 11.6 Å². The molecule has 1 unspecified atom stereocenters. The monoisotopic (exact) mass is 350 g/mol. The Bertz CT molecular complexity index is 888. The summed E-state index contributed by atoms with van der Waals surface area (Å²) in [4.78, 5) is 19.1. The minimum atomic E-state index is 0.0523. The third-order valence-corrected chi connectivity index (χ3v) is 4.54. The maximum Gasteiger partial charge on any atom is 0.254 e. The van der Waals surface area contributed by atoms with Crippen LogP contribution in [0.1, 0.15) is 23.0 Å². The van der Waals surface area contributed by atoms with Crippen molar-refractivity contribution in [3.05, 3.63) is 66.1 Å². The highest BCUT2D eigenvalue weighted by Crippen LogP contribution is 2.17. The van der Waals surface area contributed by atoms with Crippen LogP contribution in [0.5, 0.6) is 5.75 Å². The van der Waals surface area contributed by atoms with Crippen molar-refractivity contribution in [2.75, 3.05) is 19.6 Å². The second-order valence-electron chi connectivity index (χ2n) is 6.62. The van der Waals surface area contributed by atoms with E-state index in [1.807, 2.05) is 64.2 Å². The fraction of sp³-hybridized carbons (Fsp3) is 0.300. The van der Waals surface area contributed by atoms with Gasteiger partial charge in [0.25, 0.3) is 5.91 Å². The third-order valence-electron chi connectivity index (χ3n) is 4.54. The van der Waals surface area contributed by atoms with E-state index in [1.54, 1.807) is 0 Å². The van der Waals surface area contributed by atoms with E-state index in [9.17, 15) is 4.79 Å². The van der Waals surface area contributed by atoms with Gasteiger partial charge in [-0.15, -0.1) is 0 Å². The number of imidazole rings is 1. The summed E-state index contributed by atoms with van der Waals surface area (Å²) >= 11 is 0. The molecule has 6 nitrogen and oxygen atoms in total. The van der Waals surface area contributed by atoms with Crippen LogP contribution in [0.4, 0.5) is 0 Å². The Labute approximate surface area is 152 Å². The van der Waals surface area contributed by atoms with Crippen molar-refractivity contribution < 1.29 is 9.53 Å². The van der Waals surface area contributed by atoms with Gasteiger partial charge in [0.2, 0.25) is 0 Å². The maximum atomic E-state index is 12.7. The number of fused-ring (bicyclic) bond motifs is 1. The van der Waals surface area contributed by atoms with Gasteiger partial charge in [-0.2, -0.15) is 0 Å². The van der Waals surface area contributed by atoms with Gasteiger partial charge in [-0.25, -0.2) is 4.98 Å². The quantitative estimate of drug-likeness (QED) is 0.785. The molecule has 134 valence electrons. The summed E-state index contributed by atoms with van der Waals surface area (Å²) in [6.07, 6.45) is 3.91. The van der Waals surface area contributed by atoms with E-state index in [4.69, 9.17) is 4.74 Å². The molecule has 1 saturated heterocycles. The summed E-state index contributed by atoms with van der Waals surface area (Å²) < 4.78 is 7.82. The average molecular weight is 350 g/mol. The van der Waals surface area contributed by atoms with Crippen LogP contribution in [-0.2, 0) is 6.61 Å². The molecular formula is C20H22N4O2. The van der Waals surface area contributed by atoms with Gasteiger partial charge in [-0.05, 0) is 37.3 Å². The molecule has 0 saturated carbocycles. The number of carbonyl (C=O) groups excluding carboxylic acids is 1. The minimum absolute atomic E-state index is 0.0523. The van der Waals surface area contributed by atoms with Crippen LogP contribution >= 0.6 is 0 Å². The van der Waals surface area contributed by atoms with E-state index in [0.717, 1.165) is 31.0 Å². The van der Waals surface area contributed by atoms with Crippen LogP contribution in [-0.4, -0.2) is 45.9 Å². The zero-order chi connectivity index (χ0) is 17.9. The van der Waals surface area contributed by atoms with Gasteiger partial charge in [0, 0.05) is 43.6 Å². The van der Waals surface area contributed by atoms with Gasteiger partial charge in [0.1, 0.15) is 18.0 Å². The molecule has 1 aliphatic heterocycles. The highest BCUT2D eigenvalue weighted by molar-refractivity contribution is 5.94. The number of carbonyl (C=O) groups is 1. The number of amides is 1. The third kappa shape index (κ3) is 3.55. The van der Waals surface area contributed by atoms with E-state index < -0.39 is 0 Å². The fourth-order valence-electron chi connectivity index (χ4n) is 3.23. The van der Waals surface area contributed by atoms with Gasteiger partial charge in [-0.1, -0.05) is 12.1 Å². The molecule has 1 N–H and O–H groups in total. The molecule has 4 rings (SSSR count). The number of rotatable bonds is 4. The van der Waals surface area contributed by atoms with Crippen LogP contribution in [0.25, 0.3) is 5.65 Å². The van der Waals surface area contributed by atoms with Crippen LogP contribution < -0.4 is 10.1 Å². The van der Waals surface area contributed by atoms with Crippen molar-refractivity contribution in [2.24, 2.45) is 0 Å². The average Bonchev–Trinajstić information content (AvgIpc) is 3.09. The standard InChI is InChI=1S/C20H22N4O2/c1-15-12-24(10-8-21-15)20(25)16-5-4-6-18(11-16)26-14-17-13-23-9-3-2-7-19(23)22-17/h2-7,9,11,13,15,21H,8,10,12,14H2,1H3. The number of aromatic nitrogens is 2. The predicted molar refractivity (Wildman–Crippen MR) is 99.3 cm³/mol. The molecule has 0 spiro atoms. The molecule has 26 heavy (non-hydrogen) atoms. The fourth-order valence-corrected chi connectivity index (χ4v) is 3.23. The molecule has 1 fully saturated rings. The van der Waals surface area contributed by atoms with Crippen molar-refractivity contribution in [2.45, 2.75) is 19.6 Å². The lowest BCUT2D eigenvalue weighted by atomic mass is 10.1. The molecule has 0 radical (unpaired) electrons. The van der Waals surface area contributed by atoms with E-state index in [-0.39, 0.29) is 5.91 Å². The largest absolute Gasteiger partial charge is 0.487 e. The van der Waals surface area contributed by atoms with Crippen molar-refractivity contribution in [1.82, 2.24) is 19.6 Å². The molecule has 1 aliphatic rings. The number of pyridine rings is 1. The lowest BCUT2D eigenvalue weighted by molar-refractivity contribution is 0.0708. The molecule has 0 aliphatic carbocycles. The minimum Gasteiger partial charge on any atom is -0.487 e. The van der Waals surface area contributed by atoms with Crippen molar-refractivity contribution in [3.63, 3.8) is 0 Å². The first-order valence-corrected chi connectivity index (χ1v) is 8.87. The number of piperazine rings is 1. The first-order valence-electron chi connectivity index (χ1n) is 8.87. The second kappa shape index (κ2) is 7.17. The normalized spacial score (nSPS) is 17.4. The smallest absolute Gasteiger partial charge is 0.254 e.